The van der Waals surface area contributed by atoms with Crippen molar-refractivity contribution in [3.8, 4) is 5.75 Å². The van der Waals surface area contributed by atoms with Crippen molar-refractivity contribution in [2.24, 2.45) is 0 Å². The van der Waals surface area contributed by atoms with Crippen molar-refractivity contribution >= 4 is 0 Å². The highest BCUT2D eigenvalue weighted by molar-refractivity contribution is 5.34. The van der Waals surface area contributed by atoms with Gasteiger partial charge in [0.05, 0.1) is 13.3 Å². The maximum Gasteiger partial charge on any atom is 0.141 e. The topological polar surface area (TPSA) is 34.2 Å². The molecule has 0 amide bonds. The number of halogens is 1. The Morgan fingerprint density at radius 1 is 1.26 bits per heavy atom. The third-order valence-corrected chi connectivity index (χ3v) is 3.11. The molecule has 0 saturated carbocycles. The average molecular weight is 260 g/mol. The Labute approximate surface area is 112 Å². The Balaban J connectivity index is 2.22. The number of rotatable bonds is 5. The van der Waals surface area contributed by atoms with Crippen LogP contribution < -0.4 is 10.1 Å². The number of benzene rings is 1. The first-order valence-electron chi connectivity index (χ1n) is 6.14. The molecule has 4 heteroatoms. The molecule has 1 aromatic heterocycles. The molecular formula is C15H17FN2O. The molecule has 1 heterocycles. The van der Waals surface area contributed by atoms with Crippen LogP contribution in [0.4, 0.5) is 4.39 Å². The Morgan fingerprint density at radius 3 is 2.63 bits per heavy atom. The molecule has 0 aliphatic carbocycles. The molecule has 2 aromatic rings. The fourth-order valence-corrected chi connectivity index (χ4v) is 2.07. The Kier molecular flexibility index (Phi) is 4.47. The zero-order valence-corrected chi connectivity index (χ0v) is 11.1. The summed E-state index contributed by atoms with van der Waals surface area (Å²) in [6.45, 7) is 0. The van der Waals surface area contributed by atoms with Crippen LogP contribution in [-0.2, 0) is 6.42 Å². The second-order valence-corrected chi connectivity index (χ2v) is 4.29. The number of nitrogens with zero attached hydrogens (tertiary/aromatic N) is 1. The van der Waals surface area contributed by atoms with Crippen molar-refractivity contribution in [3.05, 3.63) is 59.7 Å². The molecule has 1 unspecified atom stereocenters. The molecule has 1 aromatic carbocycles. The lowest BCUT2D eigenvalue weighted by Gasteiger charge is -2.19. The molecule has 0 aliphatic rings. The SMILES string of the molecule is CNC(Cc1ccc(F)cc1)c1ccncc1OC. The summed E-state index contributed by atoms with van der Waals surface area (Å²) in [5.74, 6) is 0.537. The summed E-state index contributed by atoms with van der Waals surface area (Å²) in [4.78, 5) is 4.05. The lowest BCUT2D eigenvalue weighted by Crippen LogP contribution is -2.19. The summed E-state index contributed by atoms with van der Waals surface area (Å²) in [7, 11) is 3.53. The van der Waals surface area contributed by atoms with E-state index < -0.39 is 0 Å². The van der Waals surface area contributed by atoms with Gasteiger partial charge >= 0.3 is 0 Å². The molecule has 100 valence electrons. The third kappa shape index (κ3) is 3.29. The molecule has 3 nitrogen and oxygen atoms in total. The van der Waals surface area contributed by atoms with Crippen molar-refractivity contribution in [1.82, 2.24) is 10.3 Å². The van der Waals surface area contributed by atoms with Crippen LogP contribution in [0.1, 0.15) is 17.2 Å². The van der Waals surface area contributed by atoms with Crippen molar-refractivity contribution in [2.45, 2.75) is 12.5 Å². The summed E-state index contributed by atoms with van der Waals surface area (Å²) in [6, 6.07) is 8.59. The summed E-state index contributed by atoms with van der Waals surface area (Å²) in [5, 5.41) is 3.25. The van der Waals surface area contributed by atoms with Crippen molar-refractivity contribution in [3.63, 3.8) is 0 Å². The molecule has 0 radical (unpaired) electrons. The predicted molar refractivity (Wildman–Crippen MR) is 72.7 cm³/mol. The van der Waals surface area contributed by atoms with Crippen LogP contribution >= 0.6 is 0 Å². The number of hydrogen-bond acceptors (Lipinski definition) is 3. The molecule has 0 fully saturated rings. The minimum atomic E-state index is -0.216. The van der Waals surface area contributed by atoms with Crippen LogP contribution in [0.2, 0.25) is 0 Å². The Bertz CT molecular complexity index is 528. The molecule has 2 rings (SSSR count). The first-order valence-corrected chi connectivity index (χ1v) is 6.14. The Hall–Kier alpha value is -1.94. The highest BCUT2D eigenvalue weighted by Gasteiger charge is 2.14. The average Bonchev–Trinajstić information content (AvgIpc) is 2.46. The van der Waals surface area contributed by atoms with Gasteiger partial charge in [0.1, 0.15) is 11.6 Å². The lowest BCUT2D eigenvalue weighted by atomic mass is 9.99. The summed E-state index contributed by atoms with van der Waals surface area (Å²) >= 11 is 0. The van der Waals surface area contributed by atoms with Gasteiger partial charge in [0, 0.05) is 17.8 Å². The molecule has 1 N–H and O–H groups in total. The van der Waals surface area contributed by atoms with Crippen molar-refractivity contribution in [1.29, 1.82) is 0 Å². The number of ether oxygens (including phenoxy) is 1. The predicted octanol–water partition coefficient (Wildman–Crippen LogP) is 2.73. The minimum Gasteiger partial charge on any atom is -0.495 e. The van der Waals surface area contributed by atoms with Gasteiger partial charge in [-0.1, -0.05) is 12.1 Å². The van der Waals surface area contributed by atoms with Gasteiger partial charge in [-0.25, -0.2) is 4.39 Å². The fraction of sp³-hybridized carbons (Fsp3) is 0.267. The monoisotopic (exact) mass is 260 g/mol. The van der Waals surface area contributed by atoms with Gasteiger partial charge in [-0.3, -0.25) is 4.98 Å². The minimum absolute atomic E-state index is 0.100. The zero-order valence-electron chi connectivity index (χ0n) is 11.1. The van der Waals surface area contributed by atoms with Gasteiger partial charge in [-0.05, 0) is 37.2 Å². The summed E-state index contributed by atoms with van der Waals surface area (Å²) < 4.78 is 18.2. The number of aromatic nitrogens is 1. The largest absolute Gasteiger partial charge is 0.495 e. The van der Waals surface area contributed by atoms with Crippen LogP contribution in [0.25, 0.3) is 0 Å². The van der Waals surface area contributed by atoms with Gasteiger partial charge in [-0.2, -0.15) is 0 Å². The number of hydrogen-bond donors (Lipinski definition) is 1. The maximum absolute atomic E-state index is 12.9. The molecule has 1 atom stereocenters. The molecule has 0 saturated heterocycles. The van der Waals surface area contributed by atoms with E-state index in [1.807, 2.05) is 13.1 Å². The molecule has 0 spiro atoms. The molecule has 0 bridgehead atoms. The van der Waals surface area contributed by atoms with Crippen LogP contribution in [0.3, 0.4) is 0 Å². The third-order valence-electron chi connectivity index (χ3n) is 3.11. The second-order valence-electron chi connectivity index (χ2n) is 4.29. The quantitative estimate of drug-likeness (QED) is 0.897. The van der Waals surface area contributed by atoms with E-state index in [9.17, 15) is 4.39 Å². The first kappa shape index (κ1) is 13.5. The number of likely N-dealkylation sites (N-methyl/N-ethyl adjacent to an activating group) is 1. The Morgan fingerprint density at radius 2 is 2.00 bits per heavy atom. The summed E-state index contributed by atoms with van der Waals surface area (Å²) in [5.41, 5.74) is 2.11. The number of methoxy groups -OCH3 is 1. The van der Waals surface area contributed by atoms with Crippen LogP contribution in [-0.4, -0.2) is 19.1 Å². The van der Waals surface area contributed by atoms with E-state index in [1.165, 1.54) is 12.1 Å². The van der Waals surface area contributed by atoms with Crippen LogP contribution in [0.15, 0.2) is 42.7 Å². The zero-order chi connectivity index (χ0) is 13.7. The summed E-state index contributed by atoms with van der Waals surface area (Å²) in [6.07, 6.45) is 4.20. The van der Waals surface area contributed by atoms with E-state index in [0.29, 0.717) is 0 Å². The van der Waals surface area contributed by atoms with Crippen LogP contribution in [0, 0.1) is 5.82 Å². The van der Waals surface area contributed by atoms with Gasteiger partial charge in [0.25, 0.3) is 0 Å². The van der Waals surface area contributed by atoms with Crippen LogP contribution in [0.5, 0.6) is 5.75 Å². The van der Waals surface area contributed by atoms with Gasteiger partial charge in [-0.15, -0.1) is 0 Å². The molecular weight excluding hydrogens is 243 g/mol. The van der Waals surface area contributed by atoms with E-state index in [0.717, 1.165) is 23.3 Å². The van der Waals surface area contributed by atoms with Crippen molar-refractivity contribution < 1.29 is 9.13 Å². The van der Waals surface area contributed by atoms with Gasteiger partial charge in [0.15, 0.2) is 0 Å². The number of pyridine rings is 1. The fourth-order valence-electron chi connectivity index (χ4n) is 2.07. The second kappa shape index (κ2) is 6.29. The highest BCUT2D eigenvalue weighted by Crippen LogP contribution is 2.26. The smallest absolute Gasteiger partial charge is 0.141 e. The highest BCUT2D eigenvalue weighted by atomic mass is 19.1. The van der Waals surface area contributed by atoms with E-state index in [-0.39, 0.29) is 11.9 Å². The van der Waals surface area contributed by atoms with E-state index >= 15 is 0 Å². The normalized spacial score (nSPS) is 12.2. The van der Waals surface area contributed by atoms with Gasteiger partial charge in [0.2, 0.25) is 0 Å². The maximum atomic E-state index is 12.9. The van der Waals surface area contributed by atoms with E-state index in [4.69, 9.17) is 4.74 Å². The molecule has 19 heavy (non-hydrogen) atoms. The van der Waals surface area contributed by atoms with Crippen molar-refractivity contribution in [2.75, 3.05) is 14.2 Å². The first-order chi connectivity index (χ1) is 9.24. The van der Waals surface area contributed by atoms with Gasteiger partial charge < -0.3 is 10.1 Å². The van der Waals surface area contributed by atoms with E-state index in [2.05, 4.69) is 10.3 Å². The molecule has 0 aliphatic heterocycles. The van der Waals surface area contributed by atoms with E-state index in [1.54, 1.807) is 31.6 Å². The standard InChI is InChI=1S/C15H17FN2O/c1-17-14(9-11-3-5-12(16)6-4-11)13-7-8-18-10-15(13)19-2/h3-8,10,14,17H,9H2,1-2H3. The lowest BCUT2D eigenvalue weighted by molar-refractivity contribution is 0.399. The number of nitrogens with one attached hydrogen (secondary N) is 1.